The zero-order valence-corrected chi connectivity index (χ0v) is 12.4. The molecule has 0 saturated heterocycles. The first-order valence-corrected chi connectivity index (χ1v) is 7.66. The van der Waals surface area contributed by atoms with Crippen LogP contribution in [0.4, 0.5) is 0 Å². The maximum atomic E-state index is 11.0. The molecule has 1 aromatic rings. The molecule has 0 aliphatic carbocycles. The highest BCUT2D eigenvalue weighted by Gasteiger charge is 2.24. The maximum absolute atomic E-state index is 11.0. The van der Waals surface area contributed by atoms with Gasteiger partial charge in [0.15, 0.2) is 0 Å². The van der Waals surface area contributed by atoms with Gasteiger partial charge in [-0.25, -0.2) is 4.57 Å². The molecule has 4 nitrogen and oxygen atoms in total. The Morgan fingerprint density at radius 1 is 1.26 bits per heavy atom. The average molecular weight is 284 g/mol. The smallest absolute Gasteiger partial charge is 0.303 e. The van der Waals surface area contributed by atoms with Crippen LogP contribution < -0.4 is 0 Å². The summed E-state index contributed by atoms with van der Waals surface area (Å²) in [5, 5.41) is 0. The second-order valence-corrected chi connectivity index (χ2v) is 6.86. The summed E-state index contributed by atoms with van der Waals surface area (Å²) in [6, 6.07) is 9.56. The quantitative estimate of drug-likeness (QED) is 0.810. The highest BCUT2D eigenvalue weighted by atomic mass is 31.2. The maximum Gasteiger partial charge on any atom is 0.470 e. The Labute approximate surface area is 114 Å². The second kappa shape index (κ2) is 6.49. The fraction of sp³-hybridized carbons (Fsp3) is 0.429. The molecular formula is C14H21O4P. The molecule has 0 aliphatic heterocycles. The van der Waals surface area contributed by atoms with E-state index in [1.165, 1.54) is 0 Å². The lowest BCUT2D eigenvalue weighted by atomic mass is 9.89. The van der Waals surface area contributed by atoms with Crippen molar-refractivity contribution in [2.45, 2.75) is 33.3 Å². The molecule has 19 heavy (non-hydrogen) atoms. The molecule has 0 saturated carbocycles. The minimum Gasteiger partial charge on any atom is -0.303 e. The summed E-state index contributed by atoms with van der Waals surface area (Å²) < 4.78 is 15.8. The van der Waals surface area contributed by atoms with E-state index in [0.29, 0.717) is 6.42 Å². The molecule has 1 aromatic carbocycles. The lowest BCUT2D eigenvalue weighted by Crippen LogP contribution is -2.18. The summed E-state index contributed by atoms with van der Waals surface area (Å²) >= 11 is 0. The molecule has 0 aromatic heterocycles. The van der Waals surface area contributed by atoms with Crippen LogP contribution in [0.5, 0.6) is 0 Å². The Hall–Kier alpha value is -0.930. The van der Waals surface area contributed by atoms with E-state index in [1.54, 1.807) is 6.08 Å². The Morgan fingerprint density at radius 3 is 2.32 bits per heavy atom. The number of phosphoric acid groups is 1. The van der Waals surface area contributed by atoms with Crippen molar-refractivity contribution in [2.75, 3.05) is 0 Å². The molecule has 1 rings (SSSR count). The molecule has 0 aliphatic rings. The first kappa shape index (κ1) is 16.1. The van der Waals surface area contributed by atoms with Crippen molar-refractivity contribution in [1.82, 2.24) is 0 Å². The number of hydrogen-bond donors (Lipinski definition) is 2. The summed E-state index contributed by atoms with van der Waals surface area (Å²) in [5.41, 5.74) is 0.886. The van der Waals surface area contributed by atoms with E-state index in [0.717, 1.165) is 5.56 Å². The van der Waals surface area contributed by atoms with Crippen molar-refractivity contribution in [1.29, 1.82) is 0 Å². The van der Waals surface area contributed by atoms with Gasteiger partial charge in [-0.3, -0.25) is 4.52 Å². The lowest BCUT2D eigenvalue weighted by Gasteiger charge is -2.24. The van der Waals surface area contributed by atoms with Crippen molar-refractivity contribution in [3.05, 3.63) is 42.0 Å². The standard InChI is InChI=1S/C14H21O4P/c1-14(2,3)11-13(18-19(15,16)17)10-9-12-7-5-4-6-8-12/h4-10,13H,11H2,1-3H3,(H2,15,16,17). The van der Waals surface area contributed by atoms with Crippen LogP contribution in [0.2, 0.25) is 0 Å². The first-order valence-electron chi connectivity index (χ1n) is 6.13. The van der Waals surface area contributed by atoms with Gasteiger partial charge in [-0.05, 0) is 17.4 Å². The zero-order valence-electron chi connectivity index (χ0n) is 11.5. The third-order valence-corrected chi connectivity index (χ3v) is 2.93. The monoisotopic (exact) mass is 284 g/mol. The molecule has 0 spiro atoms. The topological polar surface area (TPSA) is 66.8 Å². The molecule has 1 unspecified atom stereocenters. The third kappa shape index (κ3) is 7.96. The Morgan fingerprint density at radius 2 is 1.84 bits per heavy atom. The van der Waals surface area contributed by atoms with Gasteiger partial charge in [0, 0.05) is 0 Å². The Balaban J connectivity index is 2.79. The van der Waals surface area contributed by atoms with Gasteiger partial charge in [-0.2, -0.15) is 0 Å². The van der Waals surface area contributed by atoms with Crippen LogP contribution in [0, 0.1) is 5.41 Å². The van der Waals surface area contributed by atoms with Gasteiger partial charge in [0.05, 0.1) is 6.10 Å². The Kier molecular flexibility index (Phi) is 5.50. The summed E-state index contributed by atoms with van der Waals surface area (Å²) in [4.78, 5) is 17.9. The molecule has 5 heteroatoms. The molecule has 106 valence electrons. The van der Waals surface area contributed by atoms with E-state index in [4.69, 9.17) is 14.3 Å². The number of rotatable bonds is 5. The largest absolute Gasteiger partial charge is 0.470 e. The van der Waals surface area contributed by atoms with E-state index >= 15 is 0 Å². The predicted octanol–water partition coefficient (Wildman–Crippen LogP) is 3.61. The van der Waals surface area contributed by atoms with E-state index in [1.807, 2.05) is 57.2 Å². The Bertz CT molecular complexity index is 456. The fourth-order valence-corrected chi connectivity index (χ4v) is 2.20. The second-order valence-electron chi connectivity index (χ2n) is 5.67. The average Bonchev–Trinajstić information content (AvgIpc) is 2.23. The summed E-state index contributed by atoms with van der Waals surface area (Å²) in [6.45, 7) is 6.00. The highest BCUT2D eigenvalue weighted by molar-refractivity contribution is 7.46. The summed E-state index contributed by atoms with van der Waals surface area (Å²) in [5.74, 6) is 0. The number of benzene rings is 1. The molecule has 0 bridgehead atoms. The van der Waals surface area contributed by atoms with Crippen molar-refractivity contribution >= 4 is 13.9 Å². The van der Waals surface area contributed by atoms with Crippen LogP contribution in [0.15, 0.2) is 36.4 Å². The number of hydrogen-bond acceptors (Lipinski definition) is 2. The van der Waals surface area contributed by atoms with Crippen molar-refractivity contribution in [3.63, 3.8) is 0 Å². The molecular weight excluding hydrogens is 263 g/mol. The van der Waals surface area contributed by atoms with Crippen LogP contribution in [0.3, 0.4) is 0 Å². The van der Waals surface area contributed by atoms with E-state index in [9.17, 15) is 4.57 Å². The van der Waals surface area contributed by atoms with Gasteiger partial charge in [0.2, 0.25) is 0 Å². The first-order chi connectivity index (χ1) is 8.66. The molecule has 0 radical (unpaired) electrons. The van der Waals surface area contributed by atoms with Crippen molar-refractivity contribution in [2.24, 2.45) is 5.41 Å². The SMILES string of the molecule is CC(C)(C)CC(C=Cc1ccccc1)OP(=O)(O)O. The normalized spacial score (nSPS) is 14.8. The van der Waals surface area contributed by atoms with E-state index in [-0.39, 0.29) is 5.41 Å². The van der Waals surface area contributed by atoms with Crippen LogP contribution in [0.25, 0.3) is 6.08 Å². The summed E-state index contributed by atoms with van der Waals surface area (Å²) in [6.07, 6.45) is 3.42. The van der Waals surface area contributed by atoms with E-state index < -0.39 is 13.9 Å². The predicted molar refractivity (Wildman–Crippen MR) is 76.5 cm³/mol. The van der Waals surface area contributed by atoms with Crippen LogP contribution >= 0.6 is 7.82 Å². The van der Waals surface area contributed by atoms with Gasteiger partial charge in [0.1, 0.15) is 0 Å². The van der Waals surface area contributed by atoms with Gasteiger partial charge < -0.3 is 9.79 Å². The van der Waals surface area contributed by atoms with Gasteiger partial charge >= 0.3 is 7.82 Å². The third-order valence-electron chi connectivity index (χ3n) is 2.39. The minimum absolute atomic E-state index is 0.0825. The molecule has 2 N–H and O–H groups in total. The van der Waals surface area contributed by atoms with Crippen LogP contribution in [-0.4, -0.2) is 15.9 Å². The lowest BCUT2D eigenvalue weighted by molar-refractivity contribution is 0.129. The minimum atomic E-state index is -4.48. The van der Waals surface area contributed by atoms with Gasteiger partial charge in [-0.15, -0.1) is 0 Å². The zero-order chi connectivity index (χ0) is 14.5. The molecule has 1 atom stereocenters. The molecule has 0 amide bonds. The number of phosphoric ester groups is 1. The highest BCUT2D eigenvalue weighted by Crippen LogP contribution is 2.40. The van der Waals surface area contributed by atoms with E-state index in [2.05, 4.69) is 0 Å². The van der Waals surface area contributed by atoms with Crippen molar-refractivity contribution < 1.29 is 18.9 Å². The van der Waals surface area contributed by atoms with Gasteiger partial charge in [-0.1, -0.05) is 63.3 Å². The fourth-order valence-electron chi connectivity index (χ4n) is 1.70. The van der Waals surface area contributed by atoms with Crippen LogP contribution in [-0.2, 0) is 9.09 Å². The van der Waals surface area contributed by atoms with Crippen molar-refractivity contribution in [3.8, 4) is 0 Å². The molecule has 0 fully saturated rings. The van der Waals surface area contributed by atoms with Gasteiger partial charge in [0.25, 0.3) is 0 Å². The van der Waals surface area contributed by atoms with Crippen LogP contribution in [0.1, 0.15) is 32.8 Å². The summed E-state index contributed by atoms with van der Waals surface area (Å²) in [7, 11) is -4.48. The molecule has 0 heterocycles.